The van der Waals surface area contributed by atoms with Crippen molar-refractivity contribution in [1.29, 1.82) is 0 Å². The van der Waals surface area contributed by atoms with Gasteiger partial charge in [0.25, 0.3) is 5.91 Å². The van der Waals surface area contributed by atoms with E-state index in [9.17, 15) is 4.79 Å². The summed E-state index contributed by atoms with van der Waals surface area (Å²) in [5, 5.41) is 3.04. The minimum absolute atomic E-state index is 0.0624. The molecule has 0 spiro atoms. The van der Waals surface area contributed by atoms with Crippen LogP contribution in [-0.4, -0.2) is 64.1 Å². The molecule has 32 heavy (non-hydrogen) atoms. The number of nitrogens with one attached hydrogen (secondary N) is 1. The van der Waals surface area contributed by atoms with Crippen molar-refractivity contribution in [3.8, 4) is 11.1 Å². The average Bonchev–Trinajstić information content (AvgIpc) is 2.75. The standard InChI is InChI=1S/C25H34N2O4Si/c1-19-16-27-17-20(2)30-32(29-19,31-21(3)18-27)15-7-14-26-25(28)24-12-10-23(11-13-24)22-8-5-4-6-9-22/h4-6,8-13,19-21H,7,14-18H2,1-3H3,(H,26,28). The Kier molecular flexibility index (Phi) is 7.43. The van der Waals surface area contributed by atoms with E-state index >= 15 is 0 Å². The first-order valence-corrected chi connectivity index (χ1v) is 13.6. The summed E-state index contributed by atoms with van der Waals surface area (Å²) in [7, 11) is -2.79. The van der Waals surface area contributed by atoms with Crippen LogP contribution in [0.25, 0.3) is 11.1 Å². The maximum absolute atomic E-state index is 12.6. The first-order chi connectivity index (χ1) is 15.4. The highest BCUT2D eigenvalue weighted by Crippen LogP contribution is 2.28. The molecule has 0 aliphatic carbocycles. The number of amides is 1. The van der Waals surface area contributed by atoms with Crippen LogP contribution < -0.4 is 5.32 Å². The van der Waals surface area contributed by atoms with Gasteiger partial charge in [-0.25, -0.2) is 0 Å². The summed E-state index contributed by atoms with van der Waals surface area (Å²) < 4.78 is 19.1. The van der Waals surface area contributed by atoms with Gasteiger partial charge in [0.1, 0.15) is 0 Å². The molecule has 0 aromatic heterocycles. The average molecular weight is 455 g/mol. The molecule has 172 valence electrons. The number of fused-ring (bicyclic) bond motifs is 6. The fraction of sp³-hybridized carbons (Fsp3) is 0.480. The summed E-state index contributed by atoms with van der Waals surface area (Å²) in [6.07, 6.45) is 1.01. The van der Waals surface area contributed by atoms with Crippen molar-refractivity contribution >= 4 is 14.7 Å². The molecule has 1 amide bonds. The van der Waals surface area contributed by atoms with Gasteiger partial charge in [-0.15, -0.1) is 0 Å². The molecule has 2 bridgehead atoms. The number of carbonyl (C=O) groups excluding carboxylic acids is 1. The predicted molar refractivity (Wildman–Crippen MR) is 127 cm³/mol. The van der Waals surface area contributed by atoms with Crippen molar-refractivity contribution in [1.82, 2.24) is 10.2 Å². The molecule has 6 nitrogen and oxygen atoms in total. The van der Waals surface area contributed by atoms with Crippen LogP contribution in [0.3, 0.4) is 0 Å². The largest absolute Gasteiger partial charge is 0.501 e. The van der Waals surface area contributed by atoms with Gasteiger partial charge < -0.3 is 18.6 Å². The molecule has 3 saturated heterocycles. The highest BCUT2D eigenvalue weighted by molar-refractivity contribution is 6.60. The Labute approximate surface area is 192 Å². The Morgan fingerprint density at radius 1 is 0.875 bits per heavy atom. The van der Waals surface area contributed by atoms with E-state index in [0.717, 1.165) is 37.2 Å². The molecule has 3 atom stereocenters. The van der Waals surface area contributed by atoms with Crippen molar-refractivity contribution < 1.29 is 18.1 Å². The van der Waals surface area contributed by atoms with Gasteiger partial charge in [0.05, 0.1) is 18.3 Å². The van der Waals surface area contributed by atoms with Gasteiger partial charge >= 0.3 is 8.80 Å². The lowest BCUT2D eigenvalue weighted by Gasteiger charge is -2.45. The monoisotopic (exact) mass is 454 g/mol. The lowest BCUT2D eigenvalue weighted by atomic mass is 10.0. The SMILES string of the molecule is CC1CN2CC(C)O[Si](CCCNC(=O)c3ccc(-c4ccccc4)cc3)(O1)OC(C)C2. The molecule has 0 saturated carbocycles. The highest BCUT2D eigenvalue weighted by Gasteiger charge is 2.48. The van der Waals surface area contributed by atoms with Gasteiger partial charge in [0.15, 0.2) is 0 Å². The van der Waals surface area contributed by atoms with Crippen molar-refractivity contribution in [3.63, 3.8) is 0 Å². The molecular formula is C25H34N2O4Si. The summed E-state index contributed by atoms with van der Waals surface area (Å²) in [5.74, 6) is -0.0624. The summed E-state index contributed by atoms with van der Waals surface area (Å²) in [6, 6.07) is 18.6. The molecule has 3 fully saturated rings. The van der Waals surface area contributed by atoms with Crippen LogP contribution >= 0.6 is 0 Å². The van der Waals surface area contributed by atoms with Crippen LogP contribution in [0.15, 0.2) is 54.6 Å². The van der Waals surface area contributed by atoms with E-state index < -0.39 is 8.80 Å². The van der Waals surface area contributed by atoms with E-state index in [-0.39, 0.29) is 24.2 Å². The number of hydrogen-bond donors (Lipinski definition) is 1. The smallest absolute Gasteiger partial charge is 0.369 e. The van der Waals surface area contributed by atoms with Gasteiger partial charge in [-0.2, -0.15) is 0 Å². The normalized spacial score (nSPS) is 30.2. The summed E-state index contributed by atoms with van der Waals surface area (Å²) in [4.78, 5) is 15.0. The molecule has 3 aliphatic heterocycles. The molecule has 2 aromatic carbocycles. The Bertz CT molecular complexity index is 857. The van der Waals surface area contributed by atoms with Gasteiger partial charge in [0, 0.05) is 37.8 Å². The van der Waals surface area contributed by atoms with E-state index in [1.54, 1.807) is 0 Å². The molecule has 5 rings (SSSR count). The van der Waals surface area contributed by atoms with Crippen LogP contribution in [0.1, 0.15) is 37.6 Å². The lowest BCUT2D eigenvalue weighted by molar-refractivity contribution is -0.0790. The molecule has 3 heterocycles. The van der Waals surface area contributed by atoms with E-state index in [2.05, 4.69) is 43.1 Å². The highest BCUT2D eigenvalue weighted by atomic mass is 28.4. The van der Waals surface area contributed by atoms with Crippen LogP contribution in [0.5, 0.6) is 0 Å². The number of hydrogen-bond acceptors (Lipinski definition) is 5. The second kappa shape index (κ2) is 10.3. The van der Waals surface area contributed by atoms with Crippen molar-refractivity contribution in [3.05, 3.63) is 60.2 Å². The van der Waals surface area contributed by atoms with E-state index in [1.165, 1.54) is 0 Å². The minimum Gasteiger partial charge on any atom is -0.369 e. The second-order valence-corrected chi connectivity index (χ2v) is 11.6. The first-order valence-electron chi connectivity index (χ1n) is 11.6. The minimum atomic E-state index is -2.79. The Morgan fingerprint density at radius 2 is 1.41 bits per heavy atom. The van der Waals surface area contributed by atoms with Gasteiger partial charge in [-0.1, -0.05) is 42.5 Å². The Hall–Kier alpha value is -2.03. The zero-order valence-corrected chi connectivity index (χ0v) is 20.3. The van der Waals surface area contributed by atoms with E-state index in [0.29, 0.717) is 18.2 Å². The molecular weight excluding hydrogens is 420 g/mol. The fourth-order valence-corrected chi connectivity index (χ4v) is 7.85. The van der Waals surface area contributed by atoms with Crippen LogP contribution in [0.2, 0.25) is 6.04 Å². The summed E-state index contributed by atoms with van der Waals surface area (Å²) >= 11 is 0. The number of benzene rings is 2. The quantitative estimate of drug-likeness (QED) is 0.529. The third-order valence-electron chi connectivity index (χ3n) is 5.89. The van der Waals surface area contributed by atoms with Crippen molar-refractivity contribution in [2.75, 3.05) is 26.2 Å². The maximum atomic E-state index is 12.6. The van der Waals surface area contributed by atoms with E-state index in [1.807, 2.05) is 42.5 Å². The lowest BCUT2D eigenvalue weighted by Crippen LogP contribution is -2.61. The number of carbonyl (C=O) groups is 1. The van der Waals surface area contributed by atoms with Crippen LogP contribution in [0, 0.1) is 0 Å². The molecule has 1 N–H and O–H groups in total. The van der Waals surface area contributed by atoms with E-state index in [4.69, 9.17) is 13.3 Å². The third kappa shape index (κ3) is 5.85. The first kappa shape index (κ1) is 23.1. The van der Waals surface area contributed by atoms with Crippen LogP contribution in [0.4, 0.5) is 0 Å². The van der Waals surface area contributed by atoms with Gasteiger partial charge in [-0.3, -0.25) is 9.69 Å². The molecule has 7 heteroatoms. The second-order valence-electron chi connectivity index (χ2n) is 8.99. The molecule has 0 radical (unpaired) electrons. The predicted octanol–water partition coefficient (Wildman–Crippen LogP) is 3.96. The summed E-state index contributed by atoms with van der Waals surface area (Å²) in [6.45, 7) is 9.56. The molecule has 3 unspecified atom stereocenters. The number of nitrogens with zero attached hydrogens (tertiary/aromatic N) is 1. The van der Waals surface area contributed by atoms with Gasteiger partial charge in [0.2, 0.25) is 0 Å². The molecule has 2 aromatic rings. The zero-order chi connectivity index (χ0) is 22.6. The van der Waals surface area contributed by atoms with Crippen LogP contribution in [-0.2, 0) is 13.3 Å². The number of rotatable bonds is 6. The third-order valence-corrected chi connectivity index (χ3v) is 9.14. The molecule has 3 aliphatic rings. The van der Waals surface area contributed by atoms with Crippen molar-refractivity contribution in [2.45, 2.75) is 51.5 Å². The Morgan fingerprint density at radius 3 is 1.97 bits per heavy atom. The fourth-order valence-electron chi connectivity index (χ4n) is 4.66. The maximum Gasteiger partial charge on any atom is 0.501 e. The van der Waals surface area contributed by atoms with Crippen molar-refractivity contribution in [2.24, 2.45) is 0 Å². The summed E-state index contributed by atoms with van der Waals surface area (Å²) in [5.41, 5.74) is 2.91. The Balaban J connectivity index is 1.32. The van der Waals surface area contributed by atoms with Gasteiger partial charge in [-0.05, 0) is 50.5 Å². The zero-order valence-electron chi connectivity index (χ0n) is 19.3. The topological polar surface area (TPSA) is 60.0 Å².